The molecule has 0 amide bonds. The van der Waals surface area contributed by atoms with E-state index >= 15 is 0 Å². The van der Waals surface area contributed by atoms with Crippen LogP contribution in [0, 0.1) is 0 Å². The number of rotatable bonds is 7. The molecule has 0 aliphatic heterocycles. The van der Waals surface area contributed by atoms with Gasteiger partial charge in [-0.2, -0.15) is 0 Å². The Morgan fingerprint density at radius 1 is 0.373 bits per heavy atom. The van der Waals surface area contributed by atoms with E-state index in [1.165, 1.54) is 55.6 Å². The second-order valence-corrected chi connectivity index (χ2v) is 16.1. The molecule has 0 atom stereocenters. The highest BCUT2D eigenvalue weighted by molar-refractivity contribution is 6.19. The monoisotopic (exact) mass is 755 g/mol. The molecule has 10 aromatic rings. The average molecular weight is 756 g/mol. The first-order chi connectivity index (χ1) is 29.0. The summed E-state index contributed by atoms with van der Waals surface area (Å²) in [6.07, 6.45) is 0. The van der Waals surface area contributed by atoms with Crippen molar-refractivity contribution in [2.24, 2.45) is 0 Å². The molecule has 1 aliphatic rings. The second-order valence-electron chi connectivity index (χ2n) is 16.1. The lowest BCUT2D eigenvalue weighted by molar-refractivity contribution is 0.647. The fourth-order valence-corrected chi connectivity index (χ4v) is 9.24. The number of hydrogen-bond donors (Lipinski definition) is 0. The van der Waals surface area contributed by atoms with E-state index in [0.29, 0.717) is 0 Å². The van der Waals surface area contributed by atoms with Gasteiger partial charge in [0.05, 0.1) is 11.1 Å². The summed E-state index contributed by atoms with van der Waals surface area (Å²) in [4.78, 5) is 2.47. The molecule has 1 heterocycles. The van der Waals surface area contributed by atoms with Crippen LogP contribution in [0.3, 0.4) is 0 Å². The van der Waals surface area contributed by atoms with Gasteiger partial charge in [-0.3, -0.25) is 0 Å². The minimum absolute atomic E-state index is 0.237. The molecule has 0 saturated carbocycles. The summed E-state index contributed by atoms with van der Waals surface area (Å²) in [5.41, 5.74) is 19.4. The molecule has 0 N–H and O–H groups in total. The van der Waals surface area contributed by atoms with Crippen molar-refractivity contribution in [3.05, 3.63) is 223 Å². The zero-order valence-corrected chi connectivity index (χ0v) is 33.1. The smallest absolute Gasteiger partial charge is 0.137 e. The molecule has 1 aliphatic carbocycles. The highest BCUT2D eigenvalue weighted by atomic mass is 16.3. The van der Waals surface area contributed by atoms with Gasteiger partial charge >= 0.3 is 0 Å². The van der Waals surface area contributed by atoms with E-state index in [4.69, 9.17) is 4.42 Å². The molecular weight excluding hydrogens is 715 g/mol. The van der Waals surface area contributed by atoms with Crippen molar-refractivity contribution in [3.63, 3.8) is 0 Å². The van der Waals surface area contributed by atoms with Crippen LogP contribution >= 0.6 is 0 Å². The van der Waals surface area contributed by atoms with E-state index in [-0.39, 0.29) is 5.41 Å². The Hall–Kier alpha value is -7.42. The van der Waals surface area contributed by atoms with Gasteiger partial charge in [-0.05, 0) is 104 Å². The summed E-state index contributed by atoms with van der Waals surface area (Å²) in [7, 11) is 0. The van der Waals surface area contributed by atoms with Crippen molar-refractivity contribution < 1.29 is 4.42 Å². The molecule has 59 heavy (non-hydrogen) atoms. The van der Waals surface area contributed by atoms with Crippen LogP contribution in [-0.4, -0.2) is 0 Å². The largest absolute Gasteiger partial charge is 0.456 e. The van der Waals surface area contributed by atoms with E-state index in [1.54, 1.807) is 0 Å². The summed E-state index contributed by atoms with van der Waals surface area (Å²) < 4.78 is 7.01. The van der Waals surface area contributed by atoms with E-state index in [0.717, 1.165) is 50.1 Å². The third-order valence-electron chi connectivity index (χ3n) is 12.3. The zero-order valence-electron chi connectivity index (χ0n) is 33.1. The first-order valence-electron chi connectivity index (χ1n) is 20.4. The van der Waals surface area contributed by atoms with Crippen molar-refractivity contribution in [2.45, 2.75) is 19.3 Å². The second kappa shape index (κ2) is 13.9. The normalized spacial score (nSPS) is 12.7. The number of benzene rings is 9. The van der Waals surface area contributed by atoms with Crippen molar-refractivity contribution in [1.82, 2.24) is 0 Å². The lowest BCUT2D eigenvalue weighted by Gasteiger charge is -2.30. The Labute approximate surface area is 345 Å². The molecular formula is C57H41NO. The van der Waals surface area contributed by atoms with Gasteiger partial charge in [0.25, 0.3) is 0 Å². The van der Waals surface area contributed by atoms with Crippen molar-refractivity contribution in [3.8, 4) is 55.6 Å². The molecule has 0 saturated heterocycles. The molecule has 0 bridgehead atoms. The first kappa shape index (κ1) is 34.8. The highest BCUT2D eigenvalue weighted by Gasteiger charge is 2.40. The Balaban J connectivity index is 1.15. The minimum atomic E-state index is -0.237. The molecule has 0 radical (unpaired) electrons. The van der Waals surface area contributed by atoms with E-state index in [9.17, 15) is 0 Å². The maximum absolute atomic E-state index is 7.01. The molecule has 0 unspecified atom stereocenters. The van der Waals surface area contributed by atoms with E-state index < -0.39 is 0 Å². The van der Waals surface area contributed by atoms with Crippen LogP contribution in [0.5, 0.6) is 0 Å². The maximum Gasteiger partial charge on any atom is 0.137 e. The summed E-state index contributed by atoms with van der Waals surface area (Å²) in [5, 5.41) is 2.20. The van der Waals surface area contributed by atoms with Gasteiger partial charge in [0.15, 0.2) is 0 Å². The van der Waals surface area contributed by atoms with Gasteiger partial charge in [0, 0.05) is 27.7 Å². The predicted molar refractivity (Wildman–Crippen MR) is 248 cm³/mol. The number of furan rings is 1. The van der Waals surface area contributed by atoms with E-state index in [2.05, 4.69) is 231 Å². The Kier molecular flexibility index (Phi) is 8.20. The van der Waals surface area contributed by atoms with Crippen LogP contribution in [-0.2, 0) is 5.41 Å². The van der Waals surface area contributed by atoms with Crippen LogP contribution in [0.25, 0.3) is 77.6 Å². The Morgan fingerprint density at radius 3 is 1.32 bits per heavy atom. The highest BCUT2D eigenvalue weighted by Crippen LogP contribution is 2.58. The van der Waals surface area contributed by atoms with Gasteiger partial charge in [-0.25, -0.2) is 0 Å². The van der Waals surface area contributed by atoms with Crippen LogP contribution in [0.4, 0.5) is 17.1 Å². The molecule has 2 nitrogen and oxygen atoms in total. The fraction of sp³-hybridized carbons (Fsp3) is 0.0526. The first-order valence-corrected chi connectivity index (χ1v) is 20.4. The van der Waals surface area contributed by atoms with Crippen LogP contribution in [0.1, 0.15) is 25.0 Å². The lowest BCUT2D eigenvalue weighted by atomic mass is 9.82. The van der Waals surface area contributed by atoms with Crippen molar-refractivity contribution >= 4 is 39.0 Å². The Morgan fingerprint density at radius 2 is 0.797 bits per heavy atom. The third kappa shape index (κ3) is 5.87. The summed E-state index contributed by atoms with van der Waals surface area (Å²) in [6, 6.07) is 76.6. The number of fused-ring (bicyclic) bond motifs is 6. The standard InChI is InChI=1S/C57H41NO/c1-57(2)50-21-13-12-20-48(50)54-51(57)37-53-55(49-35-30-45(36-52(49)59-53)44-24-22-41(23-25-44)38-14-6-3-7-15-38)56(54)58(46-31-26-42(27-32-46)39-16-8-4-9-17-39)47-33-28-43(29-34-47)40-18-10-5-11-19-40/h3-37H,1-2H3. The number of hydrogen-bond acceptors (Lipinski definition) is 2. The van der Waals surface area contributed by atoms with E-state index in [1.807, 2.05) is 0 Å². The summed E-state index contributed by atoms with van der Waals surface area (Å²) in [5.74, 6) is 0. The average Bonchev–Trinajstić information content (AvgIpc) is 3.78. The lowest BCUT2D eigenvalue weighted by Crippen LogP contribution is -2.16. The number of anilines is 3. The maximum atomic E-state index is 7.01. The topological polar surface area (TPSA) is 16.4 Å². The van der Waals surface area contributed by atoms with Crippen LogP contribution in [0.2, 0.25) is 0 Å². The molecule has 2 heteroatoms. The fourth-order valence-electron chi connectivity index (χ4n) is 9.24. The molecule has 0 fully saturated rings. The molecule has 9 aromatic carbocycles. The molecule has 280 valence electrons. The minimum Gasteiger partial charge on any atom is -0.456 e. The SMILES string of the molecule is CC1(C)c2ccccc2-c2c1cc1oc3cc(-c4ccc(-c5ccccc5)cc4)ccc3c1c2N(c1ccc(-c2ccccc2)cc1)c1ccc(-c2ccccc2)cc1. The van der Waals surface area contributed by atoms with Gasteiger partial charge < -0.3 is 9.32 Å². The summed E-state index contributed by atoms with van der Waals surface area (Å²) >= 11 is 0. The van der Waals surface area contributed by atoms with Crippen LogP contribution in [0.15, 0.2) is 217 Å². The molecule has 0 spiro atoms. The third-order valence-corrected chi connectivity index (χ3v) is 12.3. The number of nitrogens with zero attached hydrogens (tertiary/aromatic N) is 1. The van der Waals surface area contributed by atoms with Gasteiger partial charge in [-0.1, -0.05) is 184 Å². The molecule has 1 aromatic heterocycles. The summed E-state index contributed by atoms with van der Waals surface area (Å²) in [6.45, 7) is 4.70. The predicted octanol–water partition coefficient (Wildman–Crippen LogP) is 16.0. The van der Waals surface area contributed by atoms with Gasteiger partial charge in [-0.15, -0.1) is 0 Å². The molecule has 11 rings (SSSR count). The van der Waals surface area contributed by atoms with Gasteiger partial charge in [0.2, 0.25) is 0 Å². The Bertz CT molecular complexity index is 3040. The van der Waals surface area contributed by atoms with Gasteiger partial charge in [0.1, 0.15) is 11.2 Å². The van der Waals surface area contributed by atoms with Crippen LogP contribution < -0.4 is 4.90 Å². The quantitative estimate of drug-likeness (QED) is 0.161. The van der Waals surface area contributed by atoms with Crippen molar-refractivity contribution in [2.75, 3.05) is 4.90 Å². The zero-order chi connectivity index (χ0) is 39.5. The van der Waals surface area contributed by atoms with Crippen molar-refractivity contribution in [1.29, 1.82) is 0 Å².